The van der Waals surface area contributed by atoms with Crippen molar-refractivity contribution in [2.45, 2.75) is 13.3 Å². The Labute approximate surface area is 104 Å². The predicted molar refractivity (Wildman–Crippen MR) is 64.4 cm³/mol. The summed E-state index contributed by atoms with van der Waals surface area (Å²) in [5.41, 5.74) is 5.50. The minimum atomic E-state index is -0.784. The Morgan fingerprint density at radius 1 is 1.39 bits per heavy atom. The number of ether oxygens (including phenoxy) is 1. The molecular formula is C12H15FN2O3. The highest BCUT2D eigenvalue weighted by molar-refractivity contribution is 5.92. The van der Waals surface area contributed by atoms with Crippen LogP contribution in [0.1, 0.15) is 23.7 Å². The maximum atomic E-state index is 13.0. The zero-order valence-corrected chi connectivity index (χ0v) is 10.0. The lowest BCUT2D eigenvalue weighted by atomic mass is 10.2. The van der Waals surface area contributed by atoms with E-state index in [1.165, 1.54) is 6.07 Å². The van der Waals surface area contributed by atoms with E-state index >= 15 is 0 Å². The van der Waals surface area contributed by atoms with E-state index in [0.29, 0.717) is 6.54 Å². The Hall–Kier alpha value is -2.11. The fraction of sp³-hybridized carbons (Fsp3) is 0.333. The van der Waals surface area contributed by atoms with E-state index in [4.69, 9.17) is 10.5 Å². The van der Waals surface area contributed by atoms with Gasteiger partial charge in [0.15, 0.2) is 6.61 Å². The average Bonchev–Trinajstić information content (AvgIpc) is 2.32. The van der Waals surface area contributed by atoms with Gasteiger partial charge in [0.25, 0.3) is 5.91 Å². The smallest absolute Gasteiger partial charge is 0.338 e. The fourth-order valence-electron chi connectivity index (χ4n) is 1.26. The number of hydrogen-bond acceptors (Lipinski definition) is 4. The van der Waals surface area contributed by atoms with Crippen LogP contribution in [0.2, 0.25) is 0 Å². The second-order valence-corrected chi connectivity index (χ2v) is 3.70. The number of amides is 1. The van der Waals surface area contributed by atoms with Crippen molar-refractivity contribution in [3.05, 3.63) is 29.6 Å². The number of esters is 1. The summed E-state index contributed by atoms with van der Waals surface area (Å²) in [5, 5.41) is 2.55. The van der Waals surface area contributed by atoms with Gasteiger partial charge in [0, 0.05) is 12.2 Å². The van der Waals surface area contributed by atoms with Crippen molar-refractivity contribution in [3.63, 3.8) is 0 Å². The first kappa shape index (κ1) is 14.0. The molecule has 5 nitrogen and oxygen atoms in total. The molecule has 0 spiro atoms. The monoisotopic (exact) mass is 254 g/mol. The predicted octanol–water partition coefficient (Wildman–Crippen LogP) is 1.09. The summed E-state index contributed by atoms with van der Waals surface area (Å²) in [5.74, 6) is -1.81. The quantitative estimate of drug-likeness (QED) is 0.608. The molecule has 3 N–H and O–H groups in total. The van der Waals surface area contributed by atoms with Crippen LogP contribution in [-0.2, 0) is 9.53 Å². The molecule has 18 heavy (non-hydrogen) atoms. The number of nitrogens with one attached hydrogen (secondary N) is 1. The van der Waals surface area contributed by atoms with Gasteiger partial charge < -0.3 is 15.8 Å². The molecule has 0 aliphatic heterocycles. The lowest BCUT2D eigenvalue weighted by Crippen LogP contribution is -2.29. The zero-order valence-electron chi connectivity index (χ0n) is 10.0. The summed E-state index contributed by atoms with van der Waals surface area (Å²) in [6.07, 6.45) is 0.792. The second kappa shape index (κ2) is 6.58. The summed E-state index contributed by atoms with van der Waals surface area (Å²) in [6.45, 7) is 2.03. The van der Waals surface area contributed by atoms with E-state index in [-0.39, 0.29) is 11.3 Å². The van der Waals surface area contributed by atoms with E-state index in [9.17, 15) is 14.0 Å². The van der Waals surface area contributed by atoms with Gasteiger partial charge in [-0.15, -0.1) is 0 Å². The molecular weight excluding hydrogens is 239 g/mol. The van der Waals surface area contributed by atoms with Crippen LogP contribution in [0.3, 0.4) is 0 Å². The van der Waals surface area contributed by atoms with Crippen LogP contribution in [0.25, 0.3) is 0 Å². The summed E-state index contributed by atoms with van der Waals surface area (Å²) < 4.78 is 17.7. The molecule has 0 aliphatic carbocycles. The number of anilines is 1. The Balaban J connectivity index is 2.52. The summed E-state index contributed by atoms with van der Waals surface area (Å²) >= 11 is 0. The second-order valence-electron chi connectivity index (χ2n) is 3.70. The van der Waals surface area contributed by atoms with Crippen molar-refractivity contribution in [1.29, 1.82) is 0 Å². The Morgan fingerprint density at radius 3 is 2.72 bits per heavy atom. The van der Waals surface area contributed by atoms with Crippen LogP contribution in [0.15, 0.2) is 18.2 Å². The van der Waals surface area contributed by atoms with Gasteiger partial charge in [-0.2, -0.15) is 0 Å². The third kappa shape index (κ3) is 4.40. The fourth-order valence-corrected chi connectivity index (χ4v) is 1.26. The summed E-state index contributed by atoms with van der Waals surface area (Å²) in [7, 11) is 0. The topological polar surface area (TPSA) is 81.4 Å². The van der Waals surface area contributed by atoms with E-state index in [1.54, 1.807) is 0 Å². The van der Waals surface area contributed by atoms with Gasteiger partial charge in [0.05, 0.1) is 5.56 Å². The van der Waals surface area contributed by atoms with E-state index in [2.05, 4.69) is 5.32 Å². The van der Waals surface area contributed by atoms with Crippen molar-refractivity contribution in [2.75, 3.05) is 18.9 Å². The van der Waals surface area contributed by atoms with Gasteiger partial charge in [-0.1, -0.05) is 6.92 Å². The van der Waals surface area contributed by atoms with Crippen molar-refractivity contribution < 1.29 is 18.7 Å². The lowest BCUT2D eigenvalue weighted by Gasteiger charge is -2.06. The molecule has 0 saturated heterocycles. The van der Waals surface area contributed by atoms with Crippen LogP contribution in [-0.4, -0.2) is 25.0 Å². The molecule has 0 radical (unpaired) electrons. The van der Waals surface area contributed by atoms with Crippen LogP contribution in [0, 0.1) is 5.82 Å². The molecule has 0 saturated carbocycles. The third-order valence-electron chi connectivity index (χ3n) is 2.06. The van der Waals surface area contributed by atoms with Crippen molar-refractivity contribution in [1.82, 2.24) is 5.32 Å². The Morgan fingerprint density at radius 2 is 2.11 bits per heavy atom. The molecule has 0 heterocycles. The van der Waals surface area contributed by atoms with E-state index in [1.807, 2.05) is 6.92 Å². The number of carbonyl (C=O) groups excluding carboxylic acids is 2. The lowest BCUT2D eigenvalue weighted by molar-refractivity contribution is -0.124. The molecule has 0 fully saturated rings. The summed E-state index contributed by atoms with van der Waals surface area (Å²) in [4.78, 5) is 22.7. The van der Waals surface area contributed by atoms with Gasteiger partial charge in [-0.3, -0.25) is 4.79 Å². The van der Waals surface area contributed by atoms with Gasteiger partial charge in [0.1, 0.15) is 5.82 Å². The van der Waals surface area contributed by atoms with Crippen molar-refractivity contribution >= 4 is 17.6 Å². The minimum Gasteiger partial charge on any atom is -0.452 e. The standard InChI is InChI=1S/C12H15FN2O3/c1-2-3-15-11(16)7-18-12(17)8-4-9(13)6-10(14)5-8/h4-6H,2-3,7,14H2,1H3,(H,15,16). The molecule has 1 aromatic carbocycles. The number of halogens is 1. The van der Waals surface area contributed by atoms with Crippen LogP contribution < -0.4 is 11.1 Å². The van der Waals surface area contributed by atoms with Crippen molar-refractivity contribution in [3.8, 4) is 0 Å². The number of nitrogens with two attached hydrogens (primary N) is 1. The molecule has 0 aliphatic rings. The van der Waals surface area contributed by atoms with Gasteiger partial charge in [-0.25, -0.2) is 9.18 Å². The van der Waals surface area contributed by atoms with Crippen LogP contribution in [0.4, 0.5) is 10.1 Å². The largest absolute Gasteiger partial charge is 0.452 e. The maximum Gasteiger partial charge on any atom is 0.338 e. The van der Waals surface area contributed by atoms with E-state index in [0.717, 1.165) is 18.6 Å². The molecule has 1 amide bonds. The SMILES string of the molecule is CCCNC(=O)COC(=O)c1cc(N)cc(F)c1. The molecule has 0 atom stereocenters. The molecule has 0 bridgehead atoms. The number of benzene rings is 1. The molecule has 6 heteroatoms. The molecule has 98 valence electrons. The number of hydrogen-bond donors (Lipinski definition) is 2. The average molecular weight is 254 g/mol. The highest BCUT2D eigenvalue weighted by Crippen LogP contribution is 2.11. The van der Waals surface area contributed by atoms with Crippen LogP contribution in [0.5, 0.6) is 0 Å². The zero-order chi connectivity index (χ0) is 13.5. The van der Waals surface area contributed by atoms with Crippen molar-refractivity contribution in [2.24, 2.45) is 0 Å². The van der Waals surface area contributed by atoms with Gasteiger partial charge in [-0.05, 0) is 24.6 Å². The van der Waals surface area contributed by atoms with Gasteiger partial charge in [0.2, 0.25) is 0 Å². The number of rotatable bonds is 5. The first-order valence-electron chi connectivity index (χ1n) is 5.52. The molecule has 1 rings (SSSR count). The first-order chi connectivity index (χ1) is 8.52. The highest BCUT2D eigenvalue weighted by Gasteiger charge is 2.11. The van der Waals surface area contributed by atoms with E-state index < -0.39 is 24.3 Å². The maximum absolute atomic E-state index is 13.0. The minimum absolute atomic E-state index is 0.0178. The normalized spacial score (nSPS) is 9.89. The van der Waals surface area contributed by atoms with Gasteiger partial charge >= 0.3 is 5.97 Å². The Bertz CT molecular complexity index is 429. The molecule has 0 aromatic heterocycles. The highest BCUT2D eigenvalue weighted by atomic mass is 19.1. The number of carbonyl (C=O) groups is 2. The molecule has 0 unspecified atom stereocenters. The van der Waals surface area contributed by atoms with Crippen LogP contribution >= 0.6 is 0 Å². The number of nitrogen functional groups attached to an aromatic ring is 1. The third-order valence-corrected chi connectivity index (χ3v) is 2.06. The first-order valence-corrected chi connectivity index (χ1v) is 5.52. The molecule has 1 aromatic rings. The summed E-state index contributed by atoms with van der Waals surface area (Å²) in [6, 6.07) is 3.38. The Kier molecular flexibility index (Phi) is 5.10.